The van der Waals surface area contributed by atoms with E-state index in [4.69, 9.17) is 9.47 Å². The highest BCUT2D eigenvalue weighted by atomic mass is 79.9. The van der Waals surface area contributed by atoms with E-state index >= 15 is 0 Å². The number of phenols is 1. The number of amides is 5. The first kappa shape index (κ1) is 39.4. The van der Waals surface area contributed by atoms with Crippen LogP contribution >= 0.6 is 15.9 Å². The van der Waals surface area contributed by atoms with Crippen LogP contribution in [0.4, 0.5) is 15.3 Å². The van der Waals surface area contributed by atoms with Gasteiger partial charge in [0.2, 0.25) is 5.91 Å². The molecule has 0 aliphatic carbocycles. The first-order valence-electron chi connectivity index (χ1n) is 19.4. The van der Waals surface area contributed by atoms with Gasteiger partial charge in [0.05, 0.1) is 17.5 Å². The molecule has 0 radical (unpaired) electrons. The molecule has 3 fully saturated rings. The number of carbonyl (C=O) groups excluding carboxylic acids is 5. The number of phenolic OH excluding ortho intramolecular Hbond substituents is 1. The van der Waals surface area contributed by atoms with Crippen molar-refractivity contribution in [3.63, 3.8) is 0 Å². The summed E-state index contributed by atoms with van der Waals surface area (Å²) in [5.41, 5.74) is 2.69. The molecule has 0 unspecified atom stereocenters. The van der Waals surface area contributed by atoms with E-state index in [0.717, 1.165) is 48.9 Å². The number of urea groups is 1. The number of hydrogen-bond acceptors (Lipinski definition) is 8. The molecule has 4 aliphatic rings. The third kappa shape index (κ3) is 9.85. The Bertz CT molecular complexity index is 1670. The molecule has 0 spiro atoms. The summed E-state index contributed by atoms with van der Waals surface area (Å²) in [6.45, 7) is 5.94. The molecule has 6 rings (SSSR count). The number of rotatable bonds is 10. The topological polar surface area (TPSA) is 149 Å². The van der Waals surface area contributed by atoms with Gasteiger partial charge < -0.3 is 39.5 Å². The van der Waals surface area contributed by atoms with Gasteiger partial charge in [0.1, 0.15) is 5.75 Å². The van der Waals surface area contributed by atoms with Crippen LogP contribution in [0.5, 0.6) is 5.75 Å². The quantitative estimate of drug-likeness (QED) is 0.296. The normalized spacial score (nSPS) is 19.4. The Hall–Kier alpha value is -4.33. The smallest absolute Gasteiger partial charge is 0.410 e. The molecule has 292 valence electrons. The Morgan fingerprint density at radius 3 is 2.17 bits per heavy atom. The number of benzene rings is 2. The van der Waals surface area contributed by atoms with E-state index in [-0.39, 0.29) is 54.9 Å². The van der Waals surface area contributed by atoms with Crippen molar-refractivity contribution in [1.29, 1.82) is 0 Å². The molecule has 4 aliphatic heterocycles. The van der Waals surface area contributed by atoms with Gasteiger partial charge in [-0.3, -0.25) is 14.4 Å². The number of para-hydroxylation sites is 1. The predicted molar refractivity (Wildman–Crippen MR) is 205 cm³/mol. The Balaban J connectivity index is 1.01. The highest BCUT2D eigenvalue weighted by Gasteiger charge is 2.37. The number of ether oxygens (including phenoxy) is 2. The lowest BCUT2D eigenvalue weighted by atomic mass is 9.78. The minimum atomic E-state index is -1.04. The molecule has 0 bridgehead atoms. The third-order valence-electron chi connectivity index (χ3n) is 11.5. The Kier molecular flexibility index (Phi) is 13.4. The van der Waals surface area contributed by atoms with Crippen molar-refractivity contribution in [2.75, 3.05) is 57.7 Å². The standard InChI is InChI=1S/C40H52BrN5O8/c1-2-53-37(49)10-9-36(48)43-18-11-28(12-19-43)29-13-20-44(21-14-29)38(50)35(26-27-7-8-34(47)32(41)25-27)54-40(52)45-22-16-31(17-23-45)46-24-15-30-5-3-4-6-33(30)42-39(46)51/h3-8,25,28-29,31,35,47H,2,9-24,26H2,1H3,(H,42,51)/t35-/m1/s1. The van der Waals surface area contributed by atoms with Crippen molar-refractivity contribution in [3.05, 3.63) is 58.1 Å². The summed E-state index contributed by atoms with van der Waals surface area (Å²) in [7, 11) is 0. The number of hydrogen-bond donors (Lipinski definition) is 2. The maximum atomic E-state index is 14.1. The first-order valence-corrected chi connectivity index (χ1v) is 20.2. The van der Waals surface area contributed by atoms with Gasteiger partial charge in [0.15, 0.2) is 6.10 Å². The summed E-state index contributed by atoms with van der Waals surface area (Å²) >= 11 is 3.36. The van der Waals surface area contributed by atoms with Gasteiger partial charge in [-0.2, -0.15) is 0 Å². The molecule has 54 heavy (non-hydrogen) atoms. The SMILES string of the molecule is CCOC(=O)CCC(=O)N1CCC(C2CCN(C(=O)[C@@H](Cc3ccc(O)c(Br)c3)OC(=O)N3CCC(N4CCc5ccccc5NC4=O)CC3)CC2)CC1. The Morgan fingerprint density at radius 2 is 1.50 bits per heavy atom. The van der Waals surface area contributed by atoms with Crippen molar-refractivity contribution in [2.24, 2.45) is 11.8 Å². The van der Waals surface area contributed by atoms with Gasteiger partial charge in [-0.05, 0) is 109 Å². The number of likely N-dealkylation sites (tertiary alicyclic amines) is 3. The first-order chi connectivity index (χ1) is 26.1. The van der Waals surface area contributed by atoms with Crippen LogP contribution in [0.3, 0.4) is 0 Å². The number of nitrogens with zero attached hydrogens (tertiary/aromatic N) is 4. The van der Waals surface area contributed by atoms with Crippen molar-refractivity contribution in [3.8, 4) is 5.75 Å². The maximum Gasteiger partial charge on any atom is 0.410 e. The van der Waals surface area contributed by atoms with Crippen LogP contribution in [0.1, 0.15) is 69.4 Å². The van der Waals surface area contributed by atoms with Gasteiger partial charge in [-0.25, -0.2) is 9.59 Å². The Morgan fingerprint density at radius 1 is 0.852 bits per heavy atom. The molecule has 5 amide bonds. The van der Waals surface area contributed by atoms with E-state index < -0.39 is 12.2 Å². The van der Waals surface area contributed by atoms with Crippen molar-refractivity contribution in [2.45, 2.75) is 83.3 Å². The van der Waals surface area contributed by atoms with Crippen LogP contribution in [0, 0.1) is 11.8 Å². The summed E-state index contributed by atoms with van der Waals surface area (Å²) in [4.78, 5) is 72.3. The fourth-order valence-corrected chi connectivity index (χ4v) is 8.81. The summed E-state index contributed by atoms with van der Waals surface area (Å²) in [6.07, 6.45) is 4.28. The fraction of sp³-hybridized carbons (Fsp3) is 0.575. The molecule has 0 aromatic heterocycles. The van der Waals surface area contributed by atoms with Gasteiger partial charge in [-0.1, -0.05) is 24.3 Å². The van der Waals surface area contributed by atoms with Crippen LogP contribution in [0.2, 0.25) is 0 Å². The van der Waals surface area contributed by atoms with Gasteiger partial charge in [0.25, 0.3) is 5.91 Å². The number of fused-ring (bicyclic) bond motifs is 1. The summed E-state index contributed by atoms with van der Waals surface area (Å²) < 4.78 is 11.5. The molecule has 13 nitrogen and oxygen atoms in total. The predicted octanol–water partition coefficient (Wildman–Crippen LogP) is 5.58. The summed E-state index contributed by atoms with van der Waals surface area (Å²) in [6, 6.07) is 12.7. The van der Waals surface area contributed by atoms with Crippen LogP contribution in [0.25, 0.3) is 0 Å². The van der Waals surface area contributed by atoms with E-state index in [1.807, 2.05) is 34.1 Å². The molecule has 2 aromatic rings. The van der Waals surface area contributed by atoms with E-state index in [9.17, 15) is 29.1 Å². The molecule has 2 N–H and O–H groups in total. The number of halogens is 1. The second-order valence-corrected chi connectivity index (χ2v) is 15.7. The van der Waals surface area contributed by atoms with Gasteiger partial charge >= 0.3 is 18.1 Å². The second-order valence-electron chi connectivity index (χ2n) is 14.8. The van der Waals surface area contributed by atoms with Crippen molar-refractivity contribution < 1.29 is 38.6 Å². The minimum absolute atomic E-state index is 0.0105. The highest BCUT2D eigenvalue weighted by molar-refractivity contribution is 9.10. The molecular formula is C40H52BrN5O8. The van der Waals surface area contributed by atoms with E-state index in [1.54, 1.807) is 34.9 Å². The fourth-order valence-electron chi connectivity index (χ4n) is 8.38. The van der Waals surface area contributed by atoms with E-state index in [0.29, 0.717) is 81.6 Å². The van der Waals surface area contributed by atoms with E-state index in [1.165, 1.54) is 0 Å². The minimum Gasteiger partial charge on any atom is -0.507 e. The van der Waals surface area contributed by atoms with Crippen molar-refractivity contribution in [1.82, 2.24) is 19.6 Å². The molecule has 2 aromatic carbocycles. The molecular weight excluding hydrogens is 758 g/mol. The number of piperidine rings is 3. The Labute approximate surface area is 325 Å². The lowest BCUT2D eigenvalue weighted by molar-refractivity contribution is -0.146. The van der Waals surface area contributed by atoms with Crippen LogP contribution in [-0.2, 0) is 36.7 Å². The van der Waals surface area contributed by atoms with E-state index in [2.05, 4.69) is 21.2 Å². The molecule has 3 saturated heterocycles. The zero-order chi connectivity index (χ0) is 38.2. The lowest BCUT2D eigenvalue weighted by Gasteiger charge is -2.41. The number of carbonyl (C=O) groups is 5. The molecule has 4 heterocycles. The molecule has 1 atom stereocenters. The lowest BCUT2D eigenvalue weighted by Crippen LogP contribution is -2.52. The van der Waals surface area contributed by atoms with Crippen molar-refractivity contribution >= 4 is 51.5 Å². The van der Waals surface area contributed by atoms with Crippen LogP contribution in [-0.4, -0.2) is 119 Å². The average molecular weight is 811 g/mol. The van der Waals surface area contributed by atoms with Crippen LogP contribution in [0.15, 0.2) is 46.9 Å². The zero-order valence-corrected chi connectivity index (χ0v) is 32.6. The van der Waals surface area contributed by atoms with Crippen LogP contribution < -0.4 is 5.32 Å². The van der Waals surface area contributed by atoms with Gasteiger partial charge in [-0.15, -0.1) is 0 Å². The molecule has 0 saturated carbocycles. The summed E-state index contributed by atoms with van der Waals surface area (Å²) in [5.74, 6) is 0.381. The zero-order valence-electron chi connectivity index (χ0n) is 31.1. The second kappa shape index (κ2) is 18.3. The number of aromatic hydroxyl groups is 1. The summed E-state index contributed by atoms with van der Waals surface area (Å²) in [5, 5.41) is 13.1. The monoisotopic (exact) mass is 809 g/mol. The number of anilines is 1. The number of esters is 1. The van der Waals surface area contributed by atoms with Gasteiger partial charge in [0, 0.05) is 70.4 Å². The number of nitrogens with one attached hydrogen (secondary N) is 1. The maximum absolute atomic E-state index is 14.1. The average Bonchev–Trinajstić information content (AvgIpc) is 3.36. The highest BCUT2D eigenvalue weighted by Crippen LogP contribution is 2.34. The molecule has 14 heteroatoms. The third-order valence-corrected chi connectivity index (χ3v) is 12.2. The largest absolute Gasteiger partial charge is 0.507 e.